The van der Waals surface area contributed by atoms with Crippen LogP contribution in [-0.4, -0.2) is 9.97 Å². The molecular weight excluding hydrogens is 673 g/mol. The highest BCUT2D eigenvalue weighted by atomic mass is 32.2. The van der Waals surface area contributed by atoms with E-state index in [1.807, 2.05) is 17.8 Å². The van der Waals surface area contributed by atoms with Gasteiger partial charge in [-0.1, -0.05) is 200 Å². The van der Waals surface area contributed by atoms with Crippen molar-refractivity contribution in [1.29, 1.82) is 0 Å². The zero-order valence-electron chi connectivity index (χ0n) is 29.3. The summed E-state index contributed by atoms with van der Waals surface area (Å²) in [6.07, 6.45) is 0. The van der Waals surface area contributed by atoms with Crippen LogP contribution in [0.3, 0.4) is 0 Å². The van der Waals surface area contributed by atoms with E-state index in [9.17, 15) is 0 Å². The van der Waals surface area contributed by atoms with Gasteiger partial charge in [-0.3, -0.25) is 0 Å². The first kappa shape index (κ1) is 31.0. The van der Waals surface area contributed by atoms with Crippen molar-refractivity contribution < 1.29 is 0 Å². The van der Waals surface area contributed by atoms with Crippen molar-refractivity contribution in [1.82, 2.24) is 9.97 Å². The molecule has 11 rings (SSSR count). The van der Waals surface area contributed by atoms with Gasteiger partial charge in [-0.15, -0.1) is 0 Å². The fraction of sp³-hybridized carbons (Fsp3) is 0.0196. The molecule has 252 valence electrons. The average Bonchev–Trinajstić information content (AvgIpc) is 3.54. The lowest BCUT2D eigenvalue weighted by molar-refractivity contribution is 0.726. The van der Waals surface area contributed by atoms with Gasteiger partial charge in [-0.2, -0.15) is 0 Å². The van der Waals surface area contributed by atoms with Crippen molar-refractivity contribution in [3.8, 4) is 56.2 Å². The number of rotatable bonds is 4. The van der Waals surface area contributed by atoms with Crippen LogP contribution in [0, 0.1) is 0 Å². The maximum absolute atomic E-state index is 5.37. The Hall–Kier alpha value is -6.55. The molecule has 0 atom stereocenters. The Bertz CT molecular complexity index is 2850. The first-order valence-electron chi connectivity index (χ1n) is 18.4. The zero-order chi connectivity index (χ0) is 35.6. The van der Waals surface area contributed by atoms with Gasteiger partial charge in [0.05, 0.1) is 16.8 Å². The van der Waals surface area contributed by atoms with E-state index in [2.05, 4.69) is 188 Å². The van der Waals surface area contributed by atoms with Gasteiger partial charge in [0, 0.05) is 26.5 Å². The van der Waals surface area contributed by atoms with E-state index in [0.29, 0.717) is 5.82 Å². The summed E-state index contributed by atoms with van der Waals surface area (Å²) in [6.45, 7) is 0. The lowest BCUT2D eigenvalue weighted by atomic mass is 9.66. The molecule has 54 heavy (non-hydrogen) atoms. The van der Waals surface area contributed by atoms with Crippen molar-refractivity contribution in [3.05, 3.63) is 216 Å². The minimum atomic E-state index is -0.492. The highest BCUT2D eigenvalue weighted by molar-refractivity contribution is 8.00. The Morgan fingerprint density at radius 3 is 1.63 bits per heavy atom. The van der Waals surface area contributed by atoms with Gasteiger partial charge in [-0.25, -0.2) is 9.97 Å². The standard InChI is InChI=1S/C51H32N2S/c1-3-14-33(15-4-1)34-26-28-36(29-27-34)46-32-47(53-50(52-46)37-17-5-2-6-18-37)41-22-13-25-44-49(41)54-48-38-19-8-7-16-35(38)30-31-45(48)51(44)42-23-11-9-20-39(42)40-21-10-12-24-43(40)51/h1-32H. The van der Waals surface area contributed by atoms with Crippen LogP contribution >= 0.6 is 11.8 Å². The van der Waals surface area contributed by atoms with Crippen LogP contribution in [0.25, 0.3) is 66.9 Å². The van der Waals surface area contributed by atoms with Gasteiger partial charge >= 0.3 is 0 Å². The molecule has 0 saturated heterocycles. The molecule has 1 aliphatic heterocycles. The third-order valence-electron chi connectivity index (χ3n) is 11.2. The molecule has 1 aliphatic carbocycles. The van der Waals surface area contributed by atoms with Gasteiger partial charge in [0.2, 0.25) is 0 Å². The topological polar surface area (TPSA) is 25.8 Å². The van der Waals surface area contributed by atoms with Crippen LogP contribution in [0.4, 0.5) is 0 Å². The normalized spacial score (nSPS) is 13.3. The Balaban J connectivity index is 1.18. The smallest absolute Gasteiger partial charge is 0.160 e. The van der Waals surface area contributed by atoms with E-state index in [-0.39, 0.29) is 0 Å². The van der Waals surface area contributed by atoms with Crippen molar-refractivity contribution in [3.63, 3.8) is 0 Å². The second-order valence-electron chi connectivity index (χ2n) is 14.1. The molecule has 1 spiro atoms. The molecule has 2 aliphatic rings. The summed E-state index contributed by atoms with van der Waals surface area (Å²) in [7, 11) is 0. The summed E-state index contributed by atoms with van der Waals surface area (Å²) >= 11 is 1.89. The van der Waals surface area contributed by atoms with Crippen LogP contribution in [0.15, 0.2) is 204 Å². The van der Waals surface area contributed by atoms with E-state index >= 15 is 0 Å². The molecule has 2 nitrogen and oxygen atoms in total. The Labute approximate surface area is 318 Å². The van der Waals surface area contributed by atoms with Crippen molar-refractivity contribution in [2.45, 2.75) is 15.2 Å². The van der Waals surface area contributed by atoms with Crippen molar-refractivity contribution in [2.75, 3.05) is 0 Å². The number of aromatic nitrogens is 2. The molecule has 0 fully saturated rings. The van der Waals surface area contributed by atoms with Crippen molar-refractivity contribution >= 4 is 22.5 Å². The third kappa shape index (κ3) is 4.62. The predicted molar refractivity (Wildman–Crippen MR) is 223 cm³/mol. The number of benzene rings is 8. The third-order valence-corrected chi connectivity index (χ3v) is 12.5. The van der Waals surface area contributed by atoms with Gasteiger partial charge in [0.1, 0.15) is 0 Å². The minimum absolute atomic E-state index is 0.492. The monoisotopic (exact) mass is 704 g/mol. The van der Waals surface area contributed by atoms with Gasteiger partial charge in [-0.05, 0) is 61.3 Å². The van der Waals surface area contributed by atoms with Gasteiger partial charge < -0.3 is 0 Å². The van der Waals surface area contributed by atoms with E-state index in [1.165, 1.54) is 65.1 Å². The zero-order valence-corrected chi connectivity index (χ0v) is 30.1. The lowest BCUT2D eigenvalue weighted by Crippen LogP contribution is -2.32. The van der Waals surface area contributed by atoms with Crippen LogP contribution < -0.4 is 0 Å². The summed E-state index contributed by atoms with van der Waals surface area (Å²) in [6, 6.07) is 70.1. The van der Waals surface area contributed by atoms with Crippen molar-refractivity contribution in [2.24, 2.45) is 0 Å². The fourth-order valence-corrected chi connectivity index (χ4v) is 10.2. The Kier molecular flexibility index (Phi) is 7.05. The molecule has 2 heterocycles. The Morgan fingerprint density at radius 2 is 0.889 bits per heavy atom. The highest BCUT2D eigenvalue weighted by Gasteiger charge is 2.50. The maximum Gasteiger partial charge on any atom is 0.160 e. The van der Waals surface area contributed by atoms with Crippen LogP contribution in [0.5, 0.6) is 0 Å². The van der Waals surface area contributed by atoms with E-state index in [0.717, 1.165) is 28.1 Å². The van der Waals surface area contributed by atoms with Gasteiger partial charge in [0.15, 0.2) is 5.82 Å². The molecule has 0 saturated carbocycles. The molecule has 9 aromatic rings. The molecule has 0 radical (unpaired) electrons. The summed E-state index contributed by atoms with van der Waals surface area (Å²) in [5.74, 6) is 0.714. The minimum Gasteiger partial charge on any atom is -0.228 e. The first-order valence-corrected chi connectivity index (χ1v) is 19.2. The van der Waals surface area contributed by atoms with Crippen LogP contribution in [-0.2, 0) is 5.41 Å². The van der Waals surface area contributed by atoms with E-state index in [1.54, 1.807) is 0 Å². The first-order chi connectivity index (χ1) is 26.8. The largest absolute Gasteiger partial charge is 0.228 e. The molecule has 0 bridgehead atoms. The summed E-state index contributed by atoms with van der Waals surface area (Å²) in [4.78, 5) is 13.1. The van der Waals surface area contributed by atoms with Gasteiger partial charge in [0.25, 0.3) is 0 Å². The number of fused-ring (bicyclic) bond motifs is 11. The molecule has 0 N–H and O–H groups in total. The number of hydrogen-bond acceptors (Lipinski definition) is 3. The molecule has 1 aromatic heterocycles. The average molecular weight is 705 g/mol. The highest BCUT2D eigenvalue weighted by Crippen LogP contribution is 2.64. The number of nitrogens with zero attached hydrogens (tertiary/aromatic N) is 2. The summed E-state index contributed by atoms with van der Waals surface area (Å²) < 4.78 is 0. The second-order valence-corrected chi connectivity index (χ2v) is 15.1. The molecule has 8 aromatic carbocycles. The van der Waals surface area contributed by atoms with E-state index in [4.69, 9.17) is 9.97 Å². The predicted octanol–water partition coefficient (Wildman–Crippen LogP) is 13.1. The fourth-order valence-electron chi connectivity index (χ4n) is 8.77. The molecule has 0 unspecified atom stereocenters. The number of hydrogen-bond donors (Lipinski definition) is 0. The molecular formula is C51H32N2S. The maximum atomic E-state index is 5.37. The van der Waals surface area contributed by atoms with Crippen LogP contribution in [0.2, 0.25) is 0 Å². The SMILES string of the molecule is c1ccc(-c2ccc(-c3cc(-c4cccc5c4Sc4c(ccc6ccccc46)C54c5ccccc5-c5ccccc54)nc(-c4ccccc4)n3)cc2)cc1. The molecule has 0 amide bonds. The lowest BCUT2D eigenvalue weighted by Gasteiger charge is -2.40. The van der Waals surface area contributed by atoms with Crippen LogP contribution in [0.1, 0.15) is 22.3 Å². The quantitative estimate of drug-likeness (QED) is 0.182. The summed E-state index contributed by atoms with van der Waals surface area (Å²) in [5, 5.41) is 2.52. The second kappa shape index (κ2) is 12.3. The summed E-state index contributed by atoms with van der Waals surface area (Å²) in [5.41, 5.74) is 14.7. The van der Waals surface area contributed by atoms with E-state index < -0.39 is 5.41 Å². The Morgan fingerprint density at radius 1 is 0.352 bits per heavy atom. The molecule has 3 heteroatoms.